The van der Waals surface area contributed by atoms with Gasteiger partial charge >= 0.3 is 5.97 Å². The molecule has 0 bridgehead atoms. The predicted octanol–water partition coefficient (Wildman–Crippen LogP) is 5.65. The Labute approximate surface area is 222 Å². The van der Waals surface area contributed by atoms with E-state index in [0.717, 1.165) is 32.1 Å². The number of carbonyl (C=O) groups is 1. The lowest BCUT2D eigenvalue weighted by molar-refractivity contribution is 0.0694. The van der Waals surface area contributed by atoms with Crippen LogP contribution < -0.4 is 21.8 Å². The van der Waals surface area contributed by atoms with Crippen molar-refractivity contribution in [3.8, 4) is 0 Å². The monoisotopic (exact) mass is 520 g/mol. The minimum absolute atomic E-state index is 0.0856. The van der Waals surface area contributed by atoms with Crippen LogP contribution in [0.4, 0.5) is 15.8 Å². The molecule has 0 saturated heterocycles. The molecule has 2 aromatic carbocycles. The lowest BCUT2D eigenvalue weighted by atomic mass is 9.77. The molecule has 2 aliphatic carbocycles. The molecule has 0 aliphatic heterocycles. The second-order valence-corrected chi connectivity index (χ2v) is 11.3. The Morgan fingerprint density at radius 1 is 1.24 bits per heavy atom. The van der Waals surface area contributed by atoms with Crippen LogP contribution in [-0.2, 0) is 0 Å². The molecule has 1 aromatic heterocycles. The number of halogens is 1. The van der Waals surface area contributed by atoms with Crippen LogP contribution >= 0.6 is 0 Å². The molecule has 2 aliphatic rings. The molecule has 8 heteroatoms. The Hall–Kier alpha value is -3.39. The summed E-state index contributed by atoms with van der Waals surface area (Å²) in [7, 11) is 0. The van der Waals surface area contributed by atoms with E-state index < -0.39 is 22.8 Å². The number of anilines is 2. The van der Waals surface area contributed by atoms with Gasteiger partial charge in [0.05, 0.1) is 22.3 Å². The standard InChI is InChI=1S/C30H37FN4O3/c1-4-30(12-10-19(11-13-30)33-22-14-20(22)18-8-6-5-7-9-18)34-23-15-24-25(27(32)26(23)31)28(36)21(29(37)38)16-35(24)17(2)3/h5-9,15-17,19-20,22,33-34H,4,10-14,32H2,1-3H3,(H,37,38)/t19-,20-,22+,30+/m1/s1. The predicted molar refractivity (Wildman–Crippen MR) is 150 cm³/mol. The minimum atomic E-state index is -1.36. The number of benzene rings is 2. The van der Waals surface area contributed by atoms with Gasteiger partial charge in [0.15, 0.2) is 5.82 Å². The summed E-state index contributed by atoms with van der Waals surface area (Å²) >= 11 is 0. The summed E-state index contributed by atoms with van der Waals surface area (Å²) in [6.45, 7) is 5.87. The van der Waals surface area contributed by atoms with Crippen molar-refractivity contribution in [1.29, 1.82) is 0 Å². The normalized spacial score (nSPS) is 25.0. The molecule has 1 heterocycles. The summed E-state index contributed by atoms with van der Waals surface area (Å²) in [6, 6.07) is 13.0. The molecule has 202 valence electrons. The van der Waals surface area contributed by atoms with E-state index in [9.17, 15) is 14.7 Å². The van der Waals surface area contributed by atoms with Crippen LogP contribution in [0.1, 0.15) is 87.2 Å². The highest BCUT2D eigenvalue weighted by atomic mass is 19.1. The van der Waals surface area contributed by atoms with E-state index in [0.29, 0.717) is 23.5 Å². The summed E-state index contributed by atoms with van der Waals surface area (Å²) in [5, 5.41) is 16.8. The molecular formula is C30H37FN4O3. The van der Waals surface area contributed by atoms with Gasteiger partial charge in [0.25, 0.3) is 0 Å². The third kappa shape index (κ3) is 4.77. The van der Waals surface area contributed by atoms with Gasteiger partial charge in [0.2, 0.25) is 5.43 Å². The maximum Gasteiger partial charge on any atom is 0.341 e. The molecule has 38 heavy (non-hydrogen) atoms. The lowest BCUT2D eigenvalue weighted by Crippen LogP contribution is -2.46. The molecular weight excluding hydrogens is 483 g/mol. The van der Waals surface area contributed by atoms with Crippen molar-refractivity contribution in [2.24, 2.45) is 0 Å². The van der Waals surface area contributed by atoms with Crippen LogP contribution in [-0.4, -0.2) is 33.3 Å². The van der Waals surface area contributed by atoms with Gasteiger partial charge < -0.3 is 26.0 Å². The van der Waals surface area contributed by atoms with Crippen LogP contribution in [0.5, 0.6) is 0 Å². The van der Waals surface area contributed by atoms with Gasteiger partial charge in [-0.15, -0.1) is 0 Å². The van der Waals surface area contributed by atoms with Crippen molar-refractivity contribution >= 4 is 28.2 Å². The van der Waals surface area contributed by atoms with E-state index in [2.05, 4.69) is 41.8 Å². The zero-order valence-corrected chi connectivity index (χ0v) is 22.3. The summed E-state index contributed by atoms with van der Waals surface area (Å²) in [5.41, 5.74) is 6.46. The van der Waals surface area contributed by atoms with E-state index in [1.165, 1.54) is 18.2 Å². The quantitative estimate of drug-likeness (QED) is 0.286. The highest BCUT2D eigenvalue weighted by Gasteiger charge is 2.41. The van der Waals surface area contributed by atoms with Gasteiger partial charge in [0.1, 0.15) is 5.56 Å². The van der Waals surface area contributed by atoms with Gasteiger partial charge in [-0.2, -0.15) is 0 Å². The maximum atomic E-state index is 15.6. The number of pyridine rings is 1. The highest BCUT2D eigenvalue weighted by Crippen LogP contribution is 2.43. The second kappa shape index (κ2) is 10.1. The van der Waals surface area contributed by atoms with E-state index in [1.54, 1.807) is 10.6 Å². The van der Waals surface area contributed by atoms with Crippen molar-refractivity contribution in [3.05, 3.63) is 69.8 Å². The van der Waals surface area contributed by atoms with E-state index in [4.69, 9.17) is 5.73 Å². The third-order valence-corrected chi connectivity index (χ3v) is 8.57. The summed E-state index contributed by atoms with van der Waals surface area (Å²) in [4.78, 5) is 24.6. The average molecular weight is 521 g/mol. The first-order valence-corrected chi connectivity index (χ1v) is 13.6. The molecule has 5 N–H and O–H groups in total. The van der Waals surface area contributed by atoms with E-state index in [1.807, 2.05) is 19.9 Å². The number of aromatic nitrogens is 1. The Morgan fingerprint density at radius 2 is 1.92 bits per heavy atom. The molecule has 0 unspecified atom stereocenters. The number of hydrogen-bond acceptors (Lipinski definition) is 5. The number of aromatic carboxylic acids is 1. The molecule has 0 radical (unpaired) electrons. The highest BCUT2D eigenvalue weighted by molar-refractivity contribution is 5.99. The zero-order chi connectivity index (χ0) is 27.2. The van der Waals surface area contributed by atoms with E-state index >= 15 is 4.39 Å². The Balaban J connectivity index is 1.36. The molecule has 2 fully saturated rings. The first kappa shape index (κ1) is 26.2. The number of nitrogens with two attached hydrogens (primary N) is 1. The lowest BCUT2D eigenvalue weighted by Gasteiger charge is -2.41. The first-order chi connectivity index (χ1) is 18.1. The average Bonchev–Trinajstić information content (AvgIpc) is 3.67. The maximum absolute atomic E-state index is 15.6. The minimum Gasteiger partial charge on any atom is -0.477 e. The van der Waals surface area contributed by atoms with Crippen LogP contribution in [0, 0.1) is 5.82 Å². The van der Waals surface area contributed by atoms with Crippen molar-refractivity contribution in [3.63, 3.8) is 0 Å². The van der Waals surface area contributed by atoms with Crippen LogP contribution in [0.2, 0.25) is 0 Å². The fraction of sp³-hybridized carbons (Fsp3) is 0.467. The molecule has 3 aromatic rings. The van der Waals surface area contributed by atoms with Gasteiger partial charge in [-0.25, -0.2) is 9.18 Å². The van der Waals surface area contributed by atoms with Gasteiger partial charge in [-0.3, -0.25) is 4.79 Å². The Bertz CT molecular complexity index is 1410. The summed E-state index contributed by atoms with van der Waals surface area (Å²) in [5.74, 6) is -1.48. The number of carboxylic acid groups (broad SMARTS) is 1. The number of fused-ring (bicyclic) bond motifs is 1. The number of nitrogens with one attached hydrogen (secondary N) is 2. The van der Waals surface area contributed by atoms with E-state index in [-0.39, 0.29) is 28.3 Å². The molecule has 2 atom stereocenters. The van der Waals surface area contributed by atoms with Gasteiger partial charge in [-0.1, -0.05) is 37.3 Å². The number of nitrogens with zero attached hydrogens (tertiary/aromatic N) is 1. The summed E-state index contributed by atoms with van der Waals surface area (Å²) < 4.78 is 17.3. The number of carboxylic acids is 1. The van der Waals surface area contributed by atoms with Crippen molar-refractivity contribution < 1.29 is 14.3 Å². The van der Waals surface area contributed by atoms with Crippen molar-refractivity contribution in [2.75, 3.05) is 11.1 Å². The van der Waals surface area contributed by atoms with Gasteiger partial charge in [0, 0.05) is 35.8 Å². The van der Waals surface area contributed by atoms with Crippen LogP contribution in [0.25, 0.3) is 10.9 Å². The van der Waals surface area contributed by atoms with Crippen molar-refractivity contribution in [2.45, 2.75) is 88.9 Å². The molecule has 5 rings (SSSR count). The Kier molecular flexibility index (Phi) is 6.94. The smallest absolute Gasteiger partial charge is 0.341 e. The fourth-order valence-corrected chi connectivity index (χ4v) is 6.12. The fourth-order valence-electron chi connectivity index (χ4n) is 6.12. The molecule has 2 saturated carbocycles. The van der Waals surface area contributed by atoms with Crippen LogP contribution in [0.15, 0.2) is 47.4 Å². The van der Waals surface area contributed by atoms with Crippen LogP contribution in [0.3, 0.4) is 0 Å². The van der Waals surface area contributed by atoms with Gasteiger partial charge in [-0.05, 0) is 64.0 Å². The zero-order valence-electron chi connectivity index (χ0n) is 22.3. The summed E-state index contributed by atoms with van der Waals surface area (Å²) in [6.07, 6.45) is 7.06. The first-order valence-electron chi connectivity index (χ1n) is 13.6. The number of nitrogen functional groups attached to an aromatic ring is 1. The van der Waals surface area contributed by atoms with Crippen molar-refractivity contribution in [1.82, 2.24) is 9.88 Å². The molecule has 0 spiro atoms. The SMILES string of the molecule is CC[C@]1(Nc2cc3c(c(N)c2F)c(=O)c(C(=O)O)cn3C(C)C)CC[C@@H](N[C@H]2C[C@@H]2c2ccccc2)CC1. The number of hydrogen-bond donors (Lipinski definition) is 4. The number of rotatable bonds is 8. The Morgan fingerprint density at radius 3 is 2.53 bits per heavy atom. The largest absolute Gasteiger partial charge is 0.477 e. The topological polar surface area (TPSA) is 109 Å². The molecule has 7 nitrogen and oxygen atoms in total. The third-order valence-electron chi connectivity index (χ3n) is 8.57. The molecule has 0 amide bonds. The second-order valence-electron chi connectivity index (χ2n) is 11.3.